The Labute approximate surface area is 97.6 Å². The summed E-state index contributed by atoms with van der Waals surface area (Å²) in [5, 5.41) is 0. The molecular formula is C14H20O2. The maximum absolute atomic E-state index is 11.7. The first-order valence-corrected chi connectivity index (χ1v) is 6.01. The summed E-state index contributed by atoms with van der Waals surface area (Å²) in [4.78, 5) is 11.7. The third-order valence-corrected chi connectivity index (χ3v) is 2.71. The highest BCUT2D eigenvalue weighted by Crippen LogP contribution is 2.22. The monoisotopic (exact) mass is 220 g/mol. The molecule has 0 aliphatic heterocycles. The van der Waals surface area contributed by atoms with Gasteiger partial charge in [0.15, 0.2) is 5.78 Å². The Morgan fingerprint density at radius 1 is 1.19 bits per heavy atom. The minimum absolute atomic E-state index is 0.140. The third-order valence-electron chi connectivity index (χ3n) is 2.71. The Balaban J connectivity index is 2.90. The molecule has 0 fully saturated rings. The van der Waals surface area contributed by atoms with Crippen molar-refractivity contribution < 1.29 is 9.53 Å². The molecule has 1 aromatic rings. The molecule has 0 heterocycles. The lowest BCUT2D eigenvalue weighted by Gasteiger charge is -2.17. The predicted molar refractivity (Wildman–Crippen MR) is 66.1 cm³/mol. The van der Waals surface area contributed by atoms with Gasteiger partial charge in [-0.2, -0.15) is 0 Å². The zero-order chi connectivity index (χ0) is 12.0. The van der Waals surface area contributed by atoms with E-state index in [1.807, 2.05) is 31.2 Å². The normalized spacial score (nSPS) is 10.5. The van der Waals surface area contributed by atoms with Gasteiger partial charge in [-0.1, -0.05) is 32.9 Å². The minimum Gasteiger partial charge on any atom is -0.490 e. The number of Topliss-reactive ketones (excluding diaryl/α,β-unsaturated/α-hetero) is 1. The molecule has 0 bridgehead atoms. The van der Waals surface area contributed by atoms with Crippen molar-refractivity contribution in [3.05, 3.63) is 29.8 Å². The van der Waals surface area contributed by atoms with Crippen molar-refractivity contribution in [1.82, 2.24) is 0 Å². The van der Waals surface area contributed by atoms with Gasteiger partial charge in [0.05, 0.1) is 11.7 Å². The quantitative estimate of drug-likeness (QED) is 0.681. The molecular weight excluding hydrogens is 200 g/mol. The third kappa shape index (κ3) is 3.09. The van der Waals surface area contributed by atoms with Gasteiger partial charge in [0.25, 0.3) is 0 Å². The van der Waals surface area contributed by atoms with Crippen LogP contribution in [0, 0.1) is 0 Å². The van der Waals surface area contributed by atoms with Gasteiger partial charge < -0.3 is 4.74 Å². The average molecular weight is 220 g/mol. The number of ether oxygens (including phenoxy) is 1. The Bertz CT molecular complexity index is 340. The molecule has 1 aromatic carbocycles. The van der Waals surface area contributed by atoms with E-state index in [4.69, 9.17) is 4.74 Å². The molecule has 0 saturated heterocycles. The highest BCUT2D eigenvalue weighted by Gasteiger charge is 2.12. The zero-order valence-corrected chi connectivity index (χ0v) is 10.3. The molecule has 0 radical (unpaired) electrons. The van der Waals surface area contributed by atoms with Gasteiger partial charge in [-0.25, -0.2) is 0 Å². The largest absolute Gasteiger partial charge is 0.490 e. The first-order chi connectivity index (χ1) is 7.72. The van der Waals surface area contributed by atoms with Crippen LogP contribution >= 0.6 is 0 Å². The van der Waals surface area contributed by atoms with Gasteiger partial charge in [-0.05, 0) is 25.0 Å². The molecule has 0 aliphatic carbocycles. The number of rotatable bonds is 6. The Kier molecular flexibility index (Phi) is 5.03. The molecule has 0 saturated carbocycles. The number of carbonyl (C=O) groups excluding carboxylic acids is 1. The van der Waals surface area contributed by atoms with Crippen molar-refractivity contribution >= 4 is 5.78 Å². The Morgan fingerprint density at radius 3 is 2.38 bits per heavy atom. The smallest absolute Gasteiger partial charge is 0.166 e. The van der Waals surface area contributed by atoms with E-state index in [2.05, 4.69) is 13.8 Å². The summed E-state index contributed by atoms with van der Waals surface area (Å²) < 4.78 is 5.85. The second kappa shape index (κ2) is 6.31. The van der Waals surface area contributed by atoms with E-state index in [9.17, 15) is 4.79 Å². The number of ketones is 1. The summed E-state index contributed by atoms with van der Waals surface area (Å²) in [5.41, 5.74) is 0.705. The second-order valence-electron chi connectivity index (χ2n) is 3.83. The summed E-state index contributed by atoms with van der Waals surface area (Å²) >= 11 is 0. The topological polar surface area (TPSA) is 26.3 Å². The van der Waals surface area contributed by atoms with Crippen molar-refractivity contribution in [2.24, 2.45) is 0 Å². The van der Waals surface area contributed by atoms with Crippen LogP contribution in [-0.2, 0) is 0 Å². The summed E-state index contributed by atoms with van der Waals surface area (Å²) in [6, 6.07) is 7.50. The van der Waals surface area contributed by atoms with E-state index >= 15 is 0 Å². The van der Waals surface area contributed by atoms with E-state index in [1.165, 1.54) is 0 Å². The van der Waals surface area contributed by atoms with Gasteiger partial charge in [-0.15, -0.1) is 0 Å². The molecule has 0 aliphatic rings. The maximum Gasteiger partial charge on any atom is 0.166 e. The SMILES string of the molecule is CCC(=O)c1ccccc1OC(CC)CC. The number of hydrogen-bond acceptors (Lipinski definition) is 2. The van der Waals surface area contributed by atoms with Crippen LogP contribution in [0.1, 0.15) is 50.4 Å². The molecule has 0 unspecified atom stereocenters. The molecule has 1 rings (SSSR count). The van der Waals surface area contributed by atoms with Gasteiger partial charge in [0.1, 0.15) is 5.75 Å². The molecule has 0 N–H and O–H groups in total. The van der Waals surface area contributed by atoms with E-state index < -0.39 is 0 Å². The molecule has 16 heavy (non-hydrogen) atoms. The summed E-state index contributed by atoms with van der Waals surface area (Å²) in [6.07, 6.45) is 2.64. The standard InChI is InChI=1S/C14H20O2/c1-4-11(5-2)16-14-10-8-7-9-12(14)13(15)6-3/h7-11H,4-6H2,1-3H3. The Morgan fingerprint density at radius 2 is 1.81 bits per heavy atom. The lowest BCUT2D eigenvalue weighted by atomic mass is 10.1. The van der Waals surface area contributed by atoms with Crippen LogP contribution in [0.2, 0.25) is 0 Å². The van der Waals surface area contributed by atoms with Crippen LogP contribution in [0.3, 0.4) is 0 Å². The Hall–Kier alpha value is -1.31. The molecule has 0 spiro atoms. The fourth-order valence-electron chi connectivity index (χ4n) is 1.63. The number of benzene rings is 1. The van der Waals surface area contributed by atoms with Gasteiger partial charge in [0, 0.05) is 6.42 Å². The molecule has 2 heteroatoms. The van der Waals surface area contributed by atoms with Crippen LogP contribution in [-0.4, -0.2) is 11.9 Å². The summed E-state index contributed by atoms with van der Waals surface area (Å²) in [6.45, 7) is 6.06. The predicted octanol–water partition coefficient (Wildman–Crippen LogP) is 3.85. The molecule has 0 aromatic heterocycles. The average Bonchev–Trinajstić information content (AvgIpc) is 2.35. The maximum atomic E-state index is 11.7. The van der Waals surface area contributed by atoms with E-state index in [0.717, 1.165) is 18.6 Å². The van der Waals surface area contributed by atoms with Gasteiger partial charge in [-0.3, -0.25) is 4.79 Å². The first kappa shape index (κ1) is 12.8. The highest BCUT2D eigenvalue weighted by molar-refractivity contribution is 5.98. The fraction of sp³-hybridized carbons (Fsp3) is 0.500. The molecule has 88 valence electrons. The van der Waals surface area contributed by atoms with Crippen LogP contribution in [0.5, 0.6) is 5.75 Å². The highest BCUT2D eigenvalue weighted by atomic mass is 16.5. The zero-order valence-electron chi connectivity index (χ0n) is 10.3. The molecule has 2 nitrogen and oxygen atoms in total. The van der Waals surface area contributed by atoms with Crippen molar-refractivity contribution in [3.63, 3.8) is 0 Å². The lowest BCUT2D eigenvalue weighted by Crippen LogP contribution is -2.15. The van der Waals surface area contributed by atoms with Crippen molar-refractivity contribution in [2.75, 3.05) is 0 Å². The number of hydrogen-bond donors (Lipinski definition) is 0. The number of para-hydroxylation sites is 1. The fourth-order valence-corrected chi connectivity index (χ4v) is 1.63. The van der Waals surface area contributed by atoms with Crippen LogP contribution in [0.15, 0.2) is 24.3 Å². The molecule has 0 atom stereocenters. The van der Waals surface area contributed by atoms with E-state index in [1.54, 1.807) is 0 Å². The minimum atomic E-state index is 0.140. The number of carbonyl (C=O) groups is 1. The van der Waals surface area contributed by atoms with Crippen molar-refractivity contribution in [2.45, 2.75) is 46.1 Å². The van der Waals surface area contributed by atoms with Crippen molar-refractivity contribution in [1.29, 1.82) is 0 Å². The second-order valence-corrected chi connectivity index (χ2v) is 3.83. The first-order valence-electron chi connectivity index (χ1n) is 6.01. The lowest BCUT2D eigenvalue weighted by molar-refractivity contribution is 0.0980. The van der Waals surface area contributed by atoms with Gasteiger partial charge >= 0.3 is 0 Å². The van der Waals surface area contributed by atoms with Crippen LogP contribution in [0.25, 0.3) is 0 Å². The molecule has 0 amide bonds. The van der Waals surface area contributed by atoms with E-state index in [-0.39, 0.29) is 11.9 Å². The van der Waals surface area contributed by atoms with Gasteiger partial charge in [0.2, 0.25) is 0 Å². The van der Waals surface area contributed by atoms with E-state index in [0.29, 0.717) is 12.0 Å². The van der Waals surface area contributed by atoms with Crippen LogP contribution in [0.4, 0.5) is 0 Å². The van der Waals surface area contributed by atoms with Crippen LogP contribution < -0.4 is 4.74 Å². The summed E-state index contributed by atoms with van der Waals surface area (Å²) in [5.74, 6) is 0.865. The summed E-state index contributed by atoms with van der Waals surface area (Å²) in [7, 11) is 0. The van der Waals surface area contributed by atoms with Crippen molar-refractivity contribution in [3.8, 4) is 5.75 Å².